The molecule has 19 heavy (non-hydrogen) atoms. The minimum Gasteiger partial charge on any atom is -0.349 e. The van der Waals surface area contributed by atoms with Crippen LogP contribution in [0.15, 0.2) is 18.2 Å². The number of halogens is 3. The van der Waals surface area contributed by atoms with Gasteiger partial charge in [0.25, 0.3) is 5.91 Å². The second-order valence-electron chi connectivity index (χ2n) is 4.64. The molecule has 2 unspecified atom stereocenters. The molecule has 1 aromatic carbocycles. The molecule has 0 radical (unpaired) electrons. The monoisotopic (exact) mass is 414 g/mol. The fourth-order valence-electron chi connectivity index (χ4n) is 2.40. The first-order chi connectivity index (χ1) is 8.61. The Kier molecular flexibility index (Phi) is 6.86. The van der Waals surface area contributed by atoms with E-state index in [2.05, 4.69) is 27.9 Å². The van der Waals surface area contributed by atoms with Crippen molar-refractivity contribution < 1.29 is 4.79 Å². The Labute approximate surface area is 138 Å². The number of nitrogens with two attached hydrogens (primary N) is 1. The van der Waals surface area contributed by atoms with Crippen molar-refractivity contribution in [1.82, 2.24) is 5.32 Å². The molecule has 1 saturated carbocycles. The van der Waals surface area contributed by atoms with Crippen LogP contribution < -0.4 is 11.1 Å². The van der Waals surface area contributed by atoms with Crippen molar-refractivity contribution in [2.75, 3.05) is 6.54 Å². The summed E-state index contributed by atoms with van der Waals surface area (Å²) in [7, 11) is 0. The average Bonchev–Trinajstić information content (AvgIpc) is 2.79. The molecular weight excluding hydrogens is 398 g/mol. The number of carbonyl (C=O) groups is 1. The molecule has 0 aromatic heterocycles. The highest BCUT2D eigenvalue weighted by atomic mass is 127. The highest BCUT2D eigenvalue weighted by molar-refractivity contribution is 14.1. The van der Waals surface area contributed by atoms with Gasteiger partial charge in [0, 0.05) is 15.2 Å². The van der Waals surface area contributed by atoms with Gasteiger partial charge < -0.3 is 11.1 Å². The van der Waals surface area contributed by atoms with Crippen LogP contribution in [-0.2, 0) is 0 Å². The minimum absolute atomic E-state index is 0. The molecule has 106 valence electrons. The molecule has 1 aliphatic rings. The third kappa shape index (κ3) is 4.21. The Morgan fingerprint density at radius 2 is 2.21 bits per heavy atom. The van der Waals surface area contributed by atoms with E-state index < -0.39 is 0 Å². The summed E-state index contributed by atoms with van der Waals surface area (Å²) in [4.78, 5) is 12.1. The van der Waals surface area contributed by atoms with Crippen LogP contribution in [0.25, 0.3) is 0 Å². The van der Waals surface area contributed by atoms with E-state index in [-0.39, 0.29) is 24.4 Å². The van der Waals surface area contributed by atoms with Crippen LogP contribution in [0.1, 0.15) is 29.6 Å². The molecule has 3 nitrogen and oxygen atoms in total. The molecule has 2 atom stereocenters. The zero-order valence-corrected chi connectivity index (χ0v) is 14.1. The van der Waals surface area contributed by atoms with E-state index in [1.165, 1.54) is 0 Å². The van der Waals surface area contributed by atoms with Gasteiger partial charge in [-0.15, -0.1) is 12.4 Å². The lowest BCUT2D eigenvalue weighted by Gasteiger charge is -2.19. The zero-order chi connectivity index (χ0) is 13.1. The summed E-state index contributed by atoms with van der Waals surface area (Å²) in [6, 6.07) is 5.54. The van der Waals surface area contributed by atoms with E-state index in [0.29, 0.717) is 23.0 Å². The Bertz CT molecular complexity index is 456. The van der Waals surface area contributed by atoms with Crippen LogP contribution in [0.4, 0.5) is 0 Å². The molecule has 0 heterocycles. The molecule has 1 aromatic rings. The van der Waals surface area contributed by atoms with Gasteiger partial charge in [-0.1, -0.05) is 18.0 Å². The van der Waals surface area contributed by atoms with E-state index in [1.807, 2.05) is 6.07 Å². The molecule has 1 amide bonds. The number of carbonyl (C=O) groups excluding carboxylic acids is 1. The van der Waals surface area contributed by atoms with E-state index in [4.69, 9.17) is 17.3 Å². The van der Waals surface area contributed by atoms with Crippen molar-refractivity contribution in [3.63, 3.8) is 0 Å². The second kappa shape index (κ2) is 7.67. The van der Waals surface area contributed by atoms with Crippen molar-refractivity contribution in [1.29, 1.82) is 0 Å². The molecule has 0 saturated heterocycles. The first kappa shape index (κ1) is 17.0. The predicted octanol–water partition coefficient (Wildman–Crippen LogP) is 3.22. The molecule has 1 aliphatic carbocycles. The molecule has 0 aliphatic heterocycles. The molecule has 3 N–H and O–H groups in total. The van der Waals surface area contributed by atoms with E-state index >= 15 is 0 Å². The van der Waals surface area contributed by atoms with Crippen molar-refractivity contribution in [3.05, 3.63) is 32.4 Å². The van der Waals surface area contributed by atoms with Crippen LogP contribution >= 0.6 is 46.6 Å². The van der Waals surface area contributed by atoms with Crippen LogP contribution in [0.2, 0.25) is 5.02 Å². The van der Waals surface area contributed by atoms with Gasteiger partial charge in [0.1, 0.15) is 0 Å². The average molecular weight is 415 g/mol. The second-order valence-corrected chi connectivity index (χ2v) is 6.20. The SMILES string of the molecule is Cl.NCC1CCCC1NC(=O)c1ccc(Cl)c(I)c1. The van der Waals surface area contributed by atoms with Crippen molar-refractivity contribution >= 4 is 52.5 Å². The largest absolute Gasteiger partial charge is 0.349 e. The summed E-state index contributed by atoms with van der Waals surface area (Å²) >= 11 is 8.07. The molecule has 6 heteroatoms. The maximum atomic E-state index is 12.1. The highest BCUT2D eigenvalue weighted by Crippen LogP contribution is 2.25. The Morgan fingerprint density at radius 1 is 1.47 bits per heavy atom. The zero-order valence-electron chi connectivity index (χ0n) is 10.4. The van der Waals surface area contributed by atoms with Crippen LogP contribution in [0, 0.1) is 9.49 Å². The van der Waals surface area contributed by atoms with Gasteiger partial charge in [0.05, 0.1) is 5.02 Å². The third-order valence-corrected chi connectivity index (χ3v) is 5.00. The van der Waals surface area contributed by atoms with Crippen molar-refractivity contribution in [3.8, 4) is 0 Å². The minimum atomic E-state index is -0.0325. The Morgan fingerprint density at radius 3 is 2.84 bits per heavy atom. The fourth-order valence-corrected chi connectivity index (χ4v) is 3.03. The van der Waals surface area contributed by atoms with E-state index in [0.717, 1.165) is 22.8 Å². The Balaban J connectivity index is 0.00000180. The van der Waals surface area contributed by atoms with Gasteiger partial charge in [-0.2, -0.15) is 0 Å². The van der Waals surface area contributed by atoms with Crippen molar-refractivity contribution in [2.24, 2.45) is 11.7 Å². The molecule has 1 fully saturated rings. The summed E-state index contributed by atoms with van der Waals surface area (Å²) in [6.07, 6.45) is 3.28. The first-order valence-electron chi connectivity index (χ1n) is 6.08. The van der Waals surface area contributed by atoms with Gasteiger partial charge in [0.15, 0.2) is 0 Å². The lowest BCUT2D eigenvalue weighted by molar-refractivity contribution is 0.0928. The topological polar surface area (TPSA) is 55.1 Å². The smallest absolute Gasteiger partial charge is 0.251 e. The quantitative estimate of drug-likeness (QED) is 0.746. The molecule has 0 bridgehead atoms. The first-order valence-corrected chi connectivity index (χ1v) is 7.53. The number of hydrogen-bond acceptors (Lipinski definition) is 2. The normalized spacial score (nSPS) is 21.8. The summed E-state index contributed by atoms with van der Waals surface area (Å²) in [5, 5.41) is 3.75. The van der Waals surface area contributed by atoms with E-state index in [9.17, 15) is 4.79 Å². The molecule has 2 rings (SSSR count). The maximum Gasteiger partial charge on any atom is 0.251 e. The highest BCUT2D eigenvalue weighted by Gasteiger charge is 2.27. The summed E-state index contributed by atoms with van der Waals surface area (Å²) in [6.45, 7) is 0.642. The van der Waals surface area contributed by atoms with Crippen LogP contribution in [0.3, 0.4) is 0 Å². The van der Waals surface area contributed by atoms with Gasteiger partial charge in [-0.3, -0.25) is 4.79 Å². The van der Waals surface area contributed by atoms with Crippen molar-refractivity contribution in [2.45, 2.75) is 25.3 Å². The van der Waals surface area contributed by atoms with Gasteiger partial charge in [0.2, 0.25) is 0 Å². The lowest BCUT2D eigenvalue weighted by atomic mass is 10.0. The fraction of sp³-hybridized carbons (Fsp3) is 0.462. The van der Waals surface area contributed by atoms with Crippen LogP contribution in [0.5, 0.6) is 0 Å². The molecular formula is C13H17Cl2IN2O. The third-order valence-electron chi connectivity index (χ3n) is 3.46. The number of hydrogen-bond donors (Lipinski definition) is 2. The Hall–Kier alpha value is -0.0400. The van der Waals surface area contributed by atoms with Crippen LogP contribution in [-0.4, -0.2) is 18.5 Å². The van der Waals surface area contributed by atoms with Gasteiger partial charge in [-0.05, 0) is 66.1 Å². The summed E-state index contributed by atoms with van der Waals surface area (Å²) in [5.74, 6) is 0.384. The lowest BCUT2D eigenvalue weighted by Crippen LogP contribution is -2.39. The molecule has 0 spiro atoms. The van der Waals surface area contributed by atoms with E-state index in [1.54, 1.807) is 12.1 Å². The maximum absolute atomic E-state index is 12.1. The predicted molar refractivity (Wildman–Crippen MR) is 89.1 cm³/mol. The summed E-state index contributed by atoms with van der Waals surface area (Å²) in [5.41, 5.74) is 6.37. The summed E-state index contributed by atoms with van der Waals surface area (Å²) < 4.78 is 0.892. The number of rotatable bonds is 3. The van der Waals surface area contributed by atoms with Gasteiger partial charge in [-0.25, -0.2) is 0 Å². The number of benzene rings is 1. The van der Waals surface area contributed by atoms with Gasteiger partial charge >= 0.3 is 0 Å². The number of amides is 1. The standard InChI is InChI=1S/C13H16ClIN2O.ClH/c14-10-5-4-8(6-11(10)15)13(18)17-12-3-1-2-9(12)7-16;/h4-6,9,12H,1-3,7,16H2,(H,17,18);1H. The number of nitrogens with one attached hydrogen (secondary N) is 1.